The summed E-state index contributed by atoms with van der Waals surface area (Å²) >= 11 is 3.62. The maximum Gasteiger partial charge on any atom is 0.204 e. The number of nitrogens with zero attached hydrogens (tertiary/aromatic N) is 4. The van der Waals surface area contributed by atoms with Crippen molar-refractivity contribution >= 4 is 32.7 Å². The van der Waals surface area contributed by atoms with Gasteiger partial charge in [-0.05, 0) is 47.6 Å². The first-order chi connectivity index (χ1) is 12.7. The summed E-state index contributed by atoms with van der Waals surface area (Å²) in [5, 5.41) is 13.5. The van der Waals surface area contributed by atoms with Gasteiger partial charge in [-0.1, -0.05) is 6.07 Å². The quantitative estimate of drug-likeness (QED) is 0.706. The number of hydrogen-bond acceptors (Lipinski definition) is 6. The molecular formula is C19H18BrN5O. The fraction of sp³-hybridized carbons (Fsp3) is 0.316. The SMILES string of the molecule is CN1CCC(Nc2ncc3oc(C#N)cc3c2Br)C(c2cccnc2)C1. The molecule has 2 atom stereocenters. The van der Waals surface area contributed by atoms with Crippen LogP contribution < -0.4 is 5.32 Å². The predicted molar refractivity (Wildman–Crippen MR) is 103 cm³/mol. The number of rotatable bonds is 3. The second kappa shape index (κ2) is 7.06. The molecule has 4 heterocycles. The highest BCUT2D eigenvalue weighted by molar-refractivity contribution is 9.10. The highest BCUT2D eigenvalue weighted by atomic mass is 79.9. The highest BCUT2D eigenvalue weighted by Gasteiger charge is 2.30. The number of fused-ring (bicyclic) bond motifs is 1. The van der Waals surface area contributed by atoms with Gasteiger partial charge < -0.3 is 14.6 Å². The van der Waals surface area contributed by atoms with Gasteiger partial charge in [0.05, 0.1) is 10.7 Å². The fourth-order valence-electron chi connectivity index (χ4n) is 3.53. The smallest absolute Gasteiger partial charge is 0.204 e. The van der Waals surface area contributed by atoms with Gasteiger partial charge in [-0.25, -0.2) is 4.98 Å². The molecule has 0 saturated carbocycles. The van der Waals surface area contributed by atoms with E-state index >= 15 is 0 Å². The summed E-state index contributed by atoms with van der Waals surface area (Å²) in [6, 6.07) is 8.13. The summed E-state index contributed by atoms with van der Waals surface area (Å²) < 4.78 is 6.27. The third-order valence-electron chi connectivity index (χ3n) is 4.88. The molecule has 0 radical (unpaired) electrons. The van der Waals surface area contributed by atoms with Crippen molar-refractivity contribution in [3.63, 3.8) is 0 Å². The number of likely N-dealkylation sites (N-methyl/N-ethyl adjacent to an activating group) is 1. The van der Waals surface area contributed by atoms with E-state index in [0.29, 0.717) is 11.5 Å². The van der Waals surface area contributed by atoms with E-state index < -0.39 is 0 Å². The van der Waals surface area contributed by atoms with E-state index in [1.54, 1.807) is 18.5 Å². The lowest BCUT2D eigenvalue weighted by Gasteiger charge is -2.37. The summed E-state index contributed by atoms with van der Waals surface area (Å²) in [6.07, 6.45) is 6.42. The van der Waals surface area contributed by atoms with Crippen molar-refractivity contribution < 1.29 is 4.42 Å². The van der Waals surface area contributed by atoms with Crippen LogP contribution in [0.25, 0.3) is 11.0 Å². The number of hydrogen-bond donors (Lipinski definition) is 1. The number of aromatic nitrogens is 2. The van der Waals surface area contributed by atoms with Gasteiger partial charge in [-0.3, -0.25) is 4.98 Å². The lowest BCUT2D eigenvalue weighted by atomic mass is 9.87. The molecule has 4 rings (SSSR count). The van der Waals surface area contributed by atoms with E-state index in [1.807, 2.05) is 18.3 Å². The lowest BCUT2D eigenvalue weighted by molar-refractivity contribution is 0.236. The van der Waals surface area contributed by atoms with Crippen molar-refractivity contribution in [2.24, 2.45) is 0 Å². The molecule has 0 spiro atoms. The van der Waals surface area contributed by atoms with E-state index in [4.69, 9.17) is 9.68 Å². The Hall–Kier alpha value is -2.43. The molecule has 1 saturated heterocycles. The van der Waals surface area contributed by atoms with Crippen LogP contribution in [0.5, 0.6) is 0 Å². The minimum atomic E-state index is 0.249. The molecular weight excluding hydrogens is 394 g/mol. The van der Waals surface area contributed by atoms with E-state index in [0.717, 1.165) is 35.2 Å². The summed E-state index contributed by atoms with van der Waals surface area (Å²) in [7, 11) is 2.15. The molecule has 2 unspecified atom stereocenters. The average Bonchev–Trinajstić information content (AvgIpc) is 3.10. The van der Waals surface area contributed by atoms with Crippen LogP contribution in [0.15, 0.2) is 45.7 Å². The van der Waals surface area contributed by atoms with Crippen LogP contribution in [0.1, 0.15) is 23.7 Å². The third-order valence-corrected chi connectivity index (χ3v) is 5.68. The van der Waals surface area contributed by atoms with Gasteiger partial charge in [-0.15, -0.1) is 0 Å². The summed E-state index contributed by atoms with van der Waals surface area (Å²) in [5.74, 6) is 1.38. The number of nitriles is 1. The largest absolute Gasteiger partial charge is 0.444 e. The highest BCUT2D eigenvalue weighted by Crippen LogP contribution is 2.35. The molecule has 3 aromatic heterocycles. The Balaban J connectivity index is 1.65. The molecule has 1 aliphatic rings. The number of halogens is 1. The van der Waals surface area contributed by atoms with Crippen LogP contribution in [0.2, 0.25) is 0 Å². The van der Waals surface area contributed by atoms with Gasteiger partial charge in [0.2, 0.25) is 5.76 Å². The minimum Gasteiger partial charge on any atom is -0.444 e. The van der Waals surface area contributed by atoms with Gasteiger partial charge in [-0.2, -0.15) is 5.26 Å². The van der Waals surface area contributed by atoms with Crippen LogP contribution in [-0.2, 0) is 0 Å². The molecule has 26 heavy (non-hydrogen) atoms. The zero-order valence-electron chi connectivity index (χ0n) is 14.3. The molecule has 0 bridgehead atoms. The Labute approximate surface area is 160 Å². The van der Waals surface area contributed by atoms with Crippen LogP contribution in [0.4, 0.5) is 5.82 Å². The van der Waals surface area contributed by atoms with Crippen molar-refractivity contribution in [3.05, 3.63) is 52.6 Å². The first-order valence-corrected chi connectivity index (χ1v) is 9.28. The minimum absolute atomic E-state index is 0.249. The van der Waals surface area contributed by atoms with Crippen molar-refractivity contribution in [2.45, 2.75) is 18.4 Å². The van der Waals surface area contributed by atoms with Crippen molar-refractivity contribution in [1.82, 2.24) is 14.9 Å². The Bertz CT molecular complexity index is 965. The molecule has 1 aliphatic heterocycles. The topological polar surface area (TPSA) is 78.0 Å². The Morgan fingerprint density at radius 2 is 2.31 bits per heavy atom. The molecule has 132 valence electrons. The summed E-state index contributed by atoms with van der Waals surface area (Å²) in [5.41, 5.74) is 1.83. The van der Waals surface area contributed by atoms with Crippen LogP contribution in [0, 0.1) is 11.3 Å². The zero-order valence-corrected chi connectivity index (χ0v) is 15.9. The molecule has 7 heteroatoms. The van der Waals surface area contributed by atoms with E-state index in [1.165, 1.54) is 5.56 Å². The number of nitrogens with one attached hydrogen (secondary N) is 1. The molecule has 0 amide bonds. The van der Waals surface area contributed by atoms with Crippen LogP contribution in [-0.4, -0.2) is 41.0 Å². The molecule has 1 fully saturated rings. The number of piperidine rings is 1. The molecule has 0 aromatic carbocycles. The first kappa shape index (κ1) is 17.0. The van der Waals surface area contributed by atoms with Gasteiger partial charge >= 0.3 is 0 Å². The number of anilines is 1. The Morgan fingerprint density at radius 1 is 1.42 bits per heavy atom. The van der Waals surface area contributed by atoms with Gasteiger partial charge in [0.25, 0.3) is 0 Å². The Morgan fingerprint density at radius 3 is 3.08 bits per heavy atom. The van der Waals surface area contributed by atoms with E-state index in [9.17, 15) is 0 Å². The van der Waals surface area contributed by atoms with E-state index in [-0.39, 0.29) is 11.8 Å². The fourth-order valence-corrected chi connectivity index (χ4v) is 4.06. The lowest BCUT2D eigenvalue weighted by Crippen LogP contribution is -2.43. The monoisotopic (exact) mass is 411 g/mol. The van der Waals surface area contributed by atoms with Crippen molar-refractivity contribution in [3.8, 4) is 6.07 Å². The molecule has 0 aliphatic carbocycles. The number of likely N-dealkylation sites (tertiary alicyclic amines) is 1. The van der Waals surface area contributed by atoms with Crippen LogP contribution >= 0.6 is 15.9 Å². The second-order valence-corrected chi connectivity index (χ2v) is 7.41. The maximum absolute atomic E-state index is 9.04. The number of pyridine rings is 2. The van der Waals surface area contributed by atoms with Crippen molar-refractivity contribution in [2.75, 3.05) is 25.5 Å². The molecule has 1 N–H and O–H groups in total. The standard InChI is InChI=1S/C19H18BrN5O/c1-25-6-4-16(15(11-25)12-3-2-5-22-9-12)24-19-18(20)14-7-13(8-21)26-17(14)10-23-19/h2-3,5,7,9-10,15-16H,4,6,11H2,1H3,(H,23,24). The van der Waals surface area contributed by atoms with Gasteiger partial charge in [0.1, 0.15) is 11.9 Å². The van der Waals surface area contributed by atoms with Gasteiger partial charge in [0.15, 0.2) is 5.58 Å². The maximum atomic E-state index is 9.04. The average molecular weight is 412 g/mol. The first-order valence-electron chi connectivity index (χ1n) is 8.49. The zero-order chi connectivity index (χ0) is 18.1. The Kier molecular flexibility index (Phi) is 4.62. The van der Waals surface area contributed by atoms with E-state index in [2.05, 4.69) is 49.2 Å². The summed E-state index contributed by atoms with van der Waals surface area (Å²) in [6.45, 7) is 1.99. The summed E-state index contributed by atoms with van der Waals surface area (Å²) in [4.78, 5) is 11.1. The number of furan rings is 1. The molecule has 3 aromatic rings. The third kappa shape index (κ3) is 3.18. The van der Waals surface area contributed by atoms with Crippen LogP contribution in [0.3, 0.4) is 0 Å². The normalized spacial score (nSPS) is 20.8. The van der Waals surface area contributed by atoms with Gasteiger partial charge in [0, 0.05) is 42.4 Å². The predicted octanol–water partition coefficient (Wildman–Crippen LogP) is 3.76. The molecule has 6 nitrogen and oxygen atoms in total. The van der Waals surface area contributed by atoms with Crippen molar-refractivity contribution in [1.29, 1.82) is 5.26 Å². The second-order valence-electron chi connectivity index (χ2n) is 6.62.